The van der Waals surface area contributed by atoms with E-state index in [1.165, 1.54) is 5.70 Å². The van der Waals surface area contributed by atoms with Gasteiger partial charge in [-0.1, -0.05) is 19.9 Å². The first-order valence-electron chi connectivity index (χ1n) is 5.35. The van der Waals surface area contributed by atoms with Crippen molar-refractivity contribution in [1.82, 2.24) is 4.90 Å². The third-order valence-corrected chi connectivity index (χ3v) is 2.18. The van der Waals surface area contributed by atoms with Crippen LogP contribution in [0.1, 0.15) is 27.7 Å². The van der Waals surface area contributed by atoms with Gasteiger partial charge in [0, 0.05) is 26.0 Å². The molecule has 0 rings (SSSR count). The molecule has 3 heteroatoms. The Balaban J connectivity index is 4.36. The minimum absolute atomic E-state index is 0.467. The van der Waals surface area contributed by atoms with Crippen molar-refractivity contribution in [1.29, 1.82) is 0 Å². The molecule has 0 fully saturated rings. The van der Waals surface area contributed by atoms with Crippen molar-refractivity contribution in [2.24, 2.45) is 15.9 Å². The Hall–Kier alpha value is -1.12. The quantitative estimate of drug-likeness (QED) is 0.516. The van der Waals surface area contributed by atoms with E-state index in [1.807, 2.05) is 20.2 Å². The first-order chi connectivity index (χ1) is 7.01. The van der Waals surface area contributed by atoms with Crippen LogP contribution in [0.3, 0.4) is 0 Å². The van der Waals surface area contributed by atoms with Crippen LogP contribution in [0.4, 0.5) is 0 Å². The van der Waals surface area contributed by atoms with Gasteiger partial charge in [0.2, 0.25) is 0 Å². The summed E-state index contributed by atoms with van der Waals surface area (Å²) in [5.41, 5.74) is 1.23. The second-order valence-electron chi connectivity index (χ2n) is 3.95. The topological polar surface area (TPSA) is 28.0 Å². The van der Waals surface area contributed by atoms with E-state index < -0.39 is 0 Å². The number of nitrogens with zero attached hydrogens (tertiary/aromatic N) is 3. The number of allylic oxidation sites excluding steroid dienone is 2. The predicted molar refractivity (Wildman–Crippen MR) is 68.8 cm³/mol. The van der Waals surface area contributed by atoms with Crippen LogP contribution < -0.4 is 0 Å². The average Bonchev–Trinajstić information content (AvgIpc) is 2.22. The van der Waals surface area contributed by atoms with E-state index in [9.17, 15) is 0 Å². The third-order valence-electron chi connectivity index (χ3n) is 2.18. The van der Waals surface area contributed by atoms with Crippen LogP contribution in [0.5, 0.6) is 0 Å². The highest BCUT2D eigenvalue weighted by Crippen LogP contribution is 2.00. The van der Waals surface area contributed by atoms with Crippen LogP contribution >= 0.6 is 0 Å². The lowest BCUT2D eigenvalue weighted by atomic mass is 10.2. The highest BCUT2D eigenvalue weighted by molar-refractivity contribution is 5.91. The van der Waals surface area contributed by atoms with Crippen molar-refractivity contribution in [2.75, 3.05) is 20.6 Å². The molecular weight excluding hydrogens is 186 g/mol. The average molecular weight is 209 g/mol. The van der Waals surface area contributed by atoms with Crippen LogP contribution in [-0.2, 0) is 0 Å². The lowest BCUT2D eigenvalue weighted by Crippen LogP contribution is -2.23. The van der Waals surface area contributed by atoms with Crippen LogP contribution in [-0.4, -0.2) is 37.6 Å². The Kier molecular flexibility index (Phi) is 6.67. The Labute approximate surface area is 93.6 Å². The van der Waals surface area contributed by atoms with Gasteiger partial charge in [-0.2, -0.15) is 0 Å². The monoisotopic (exact) mass is 209 g/mol. The van der Waals surface area contributed by atoms with Crippen molar-refractivity contribution >= 4 is 12.1 Å². The highest BCUT2D eigenvalue weighted by atomic mass is 15.1. The summed E-state index contributed by atoms with van der Waals surface area (Å²) in [7, 11) is 3.83. The van der Waals surface area contributed by atoms with Gasteiger partial charge >= 0.3 is 0 Å². The Morgan fingerprint density at radius 3 is 2.40 bits per heavy atom. The summed E-state index contributed by atoms with van der Waals surface area (Å²) in [5.74, 6) is 1.34. The van der Waals surface area contributed by atoms with E-state index in [0.29, 0.717) is 5.92 Å². The molecular formula is C12H23N3. The number of aliphatic imine (C=N–C) groups is 2. The molecule has 0 aromatic rings. The summed E-state index contributed by atoms with van der Waals surface area (Å²) in [6, 6.07) is 0. The van der Waals surface area contributed by atoms with E-state index in [-0.39, 0.29) is 0 Å². The summed E-state index contributed by atoms with van der Waals surface area (Å²) in [6.07, 6.45) is 4.01. The van der Waals surface area contributed by atoms with Crippen LogP contribution in [0.15, 0.2) is 21.8 Å². The molecule has 0 saturated heterocycles. The molecule has 0 aliphatic heterocycles. The van der Waals surface area contributed by atoms with Gasteiger partial charge in [0.15, 0.2) is 0 Å². The van der Waals surface area contributed by atoms with Gasteiger partial charge in [0.25, 0.3) is 0 Å². The summed E-state index contributed by atoms with van der Waals surface area (Å²) >= 11 is 0. The van der Waals surface area contributed by atoms with Gasteiger partial charge in [-0.05, 0) is 19.8 Å². The summed E-state index contributed by atoms with van der Waals surface area (Å²) in [6.45, 7) is 9.09. The zero-order valence-corrected chi connectivity index (χ0v) is 10.8. The molecule has 0 N–H and O–H groups in total. The zero-order valence-electron chi connectivity index (χ0n) is 10.8. The van der Waals surface area contributed by atoms with Gasteiger partial charge in [0.1, 0.15) is 5.84 Å². The molecule has 0 aliphatic carbocycles. The molecule has 15 heavy (non-hydrogen) atoms. The molecule has 0 aromatic heterocycles. The minimum atomic E-state index is 0.467. The molecule has 0 radical (unpaired) electrons. The maximum Gasteiger partial charge on any atom is 0.142 e. The summed E-state index contributed by atoms with van der Waals surface area (Å²) < 4.78 is 0. The Bertz CT molecular complexity index is 262. The molecule has 0 heterocycles. The number of amidine groups is 1. The van der Waals surface area contributed by atoms with Gasteiger partial charge in [-0.25, -0.2) is 4.99 Å². The van der Waals surface area contributed by atoms with Gasteiger partial charge in [-0.15, -0.1) is 0 Å². The molecule has 0 aromatic carbocycles. The maximum absolute atomic E-state index is 4.35. The normalized spacial score (nSPS) is 14.1. The Morgan fingerprint density at radius 2 is 2.00 bits per heavy atom. The predicted octanol–water partition coefficient (Wildman–Crippen LogP) is 2.60. The molecule has 0 saturated carbocycles. The smallest absolute Gasteiger partial charge is 0.142 e. The summed E-state index contributed by atoms with van der Waals surface area (Å²) in [4.78, 5) is 10.7. The number of hydrogen-bond acceptors (Lipinski definition) is 2. The molecule has 86 valence electrons. The minimum Gasteiger partial charge on any atom is -0.371 e. The van der Waals surface area contributed by atoms with Crippen LogP contribution in [0.2, 0.25) is 0 Å². The number of rotatable bonds is 4. The van der Waals surface area contributed by atoms with Gasteiger partial charge in [-0.3, -0.25) is 4.99 Å². The van der Waals surface area contributed by atoms with E-state index >= 15 is 0 Å². The molecule has 0 unspecified atom stereocenters. The molecule has 0 atom stereocenters. The lowest BCUT2D eigenvalue weighted by Gasteiger charge is -2.18. The second kappa shape index (κ2) is 7.21. The van der Waals surface area contributed by atoms with Crippen LogP contribution in [0.25, 0.3) is 0 Å². The molecule has 0 aliphatic rings. The maximum atomic E-state index is 4.35. The van der Waals surface area contributed by atoms with Crippen molar-refractivity contribution in [3.63, 3.8) is 0 Å². The van der Waals surface area contributed by atoms with Crippen molar-refractivity contribution in [2.45, 2.75) is 27.7 Å². The molecule has 0 spiro atoms. The fourth-order valence-corrected chi connectivity index (χ4v) is 0.962. The first-order valence-corrected chi connectivity index (χ1v) is 5.35. The fourth-order valence-electron chi connectivity index (χ4n) is 0.962. The number of likely N-dealkylation sites (N-methyl/N-ethyl adjacent to an activating group) is 1. The molecule has 3 nitrogen and oxygen atoms in total. The van der Waals surface area contributed by atoms with Gasteiger partial charge < -0.3 is 4.90 Å². The SMILES string of the molecule is C/C=C(/C)N(C)CC(/N=C\C(C)C)=N/C. The fraction of sp³-hybridized carbons (Fsp3) is 0.667. The Morgan fingerprint density at radius 1 is 1.40 bits per heavy atom. The van der Waals surface area contributed by atoms with E-state index in [2.05, 4.69) is 41.7 Å². The van der Waals surface area contributed by atoms with Crippen LogP contribution in [0, 0.1) is 5.92 Å². The van der Waals surface area contributed by atoms with Crippen molar-refractivity contribution < 1.29 is 0 Å². The largest absolute Gasteiger partial charge is 0.371 e. The molecule has 0 bridgehead atoms. The standard InChI is InChI=1S/C12H23N3/c1-7-11(4)15(6)9-12(13-5)14-8-10(2)3/h7-8,10H,9H2,1-6H3/b11-7-,13-12-,14-8-. The summed E-state index contributed by atoms with van der Waals surface area (Å²) in [5, 5.41) is 0. The third kappa shape index (κ3) is 6.05. The van der Waals surface area contributed by atoms with Crippen molar-refractivity contribution in [3.8, 4) is 0 Å². The lowest BCUT2D eigenvalue weighted by molar-refractivity contribution is 0.476. The van der Waals surface area contributed by atoms with Gasteiger partial charge in [0.05, 0.1) is 6.54 Å². The molecule has 0 amide bonds. The highest BCUT2D eigenvalue weighted by Gasteiger charge is 2.02. The van der Waals surface area contributed by atoms with E-state index in [1.54, 1.807) is 7.05 Å². The first kappa shape index (κ1) is 13.9. The van der Waals surface area contributed by atoms with E-state index in [0.717, 1.165) is 12.4 Å². The van der Waals surface area contributed by atoms with E-state index in [4.69, 9.17) is 0 Å². The zero-order chi connectivity index (χ0) is 11.8. The second-order valence-corrected chi connectivity index (χ2v) is 3.95. The van der Waals surface area contributed by atoms with Crippen molar-refractivity contribution in [3.05, 3.63) is 11.8 Å². The number of hydrogen-bond donors (Lipinski definition) is 0.